The van der Waals surface area contributed by atoms with Gasteiger partial charge in [-0.05, 0) is 23.8 Å². The van der Waals surface area contributed by atoms with Crippen molar-refractivity contribution in [3.8, 4) is 22.4 Å². The molecule has 8 heteroatoms. The van der Waals surface area contributed by atoms with E-state index < -0.39 is 0 Å². The average molecular weight is 441 g/mol. The first-order chi connectivity index (χ1) is 15.5. The Bertz CT molecular complexity index is 1490. The molecular formula is C24H17ClN6O. The van der Waals surface area contributed by atoms with Gasteiger partial charge in [0.2, 0.25) is 5.69 Å². The summed E-state index contributed by atoms with van der Waals surface area (Å²) >= 11 is 6.16. The summed E-state index contributed by atoms with van der Waals surface area (Å²) < 4.78 is 1.74. The Morgan fingerprint density at radius 3 is 2.72 bits per heavy atom. The Morgan fingerprint density at radius 2 is 1.94 bits per heavy atom. The van der Waals surface area contributed by atoms with Gasteiger partial charge >= 0.3 is 0 Å². The van der Waals surface area contributed by atoms with Crippen LogP contribution in [0.25, 0.3) is 38.1 Å². The molecule has 0 unspecified atom stereocenters. The van der Waals surface area contributed by atoms with Crippen LogP contribution in [0.15, 0.2) is 53.8 Å². The van der Waals surface area contributed by atoms with E-state index in [9.17, 15) is 4.79 Å². The van der Waals surface area contributed by atoms with Crippen LogP contribution in [0.5, 0.6) is 0 Å². The van der Waals surface area contributed by atoms with Crippen LogP contribution in [-0.2, 0) is 7.05 Å². The average Bonchev–Trinajstić information content (AvgIpc) is 3.19. The molecule has 0 spiro atoms. The van der Waals surface area contributed by atoms with Crippen molar-refractivity contribution in [1.82, 2.24) is 14.8 Å². The summed E-state index contributed by atoms with van der Waals surface area (Å²) in [6.07, 6.45) is 3.33. The van der Waals surface area contributed by atoms with Crippen LogP contribution in [0, 0.1) is 6.57 Å². The van der Waals surface area contributed by atoms with Crippen LogP contribution in [-0.4, -0.2) is 39.3 Å². The first kappa shape index (κ1) is 20.1. The number of fused-ring (bicyclic) bond motifs is 2. The molecule has 1 aliphatic heterocycles. The fourth-order valence-electron chi connectivity index (χ4n) is 4.14. The summed E-state index contributed by atoms with van der Waals surface area (Å²) in [5, 5.41) is 5.61. The molecule has 3 heterocycles. The highest BCUT2D eigenvalue weighted by Gasteiger charge is 2.23. The highest BCUT2D eigenvalue weighted by Crippen LogP contribution is 2.41. The smallest absolute Gasteiger partial charge is 0.205 e. The van der Waals surface area contributed by atoms with Crippen LogP contribution in [0.2, 0.25) is 5.02 Å². The van der Waals surface area contributed by atoms with Gasteiger partial charge in [0.1, 0.15) is 6.54 Å². The number of carbonyl (C=O) groups is 1. The van der Waals surface area contributed by atoms with Crippen LogP contribution in [0.1, 0.15) is 15.9 Å². The number of aryl methyl sites for hydroxylation is 1. The summed E-state index contributed by atoms with van der Waals surface area (Å²) in [5.41, 5.74) is 12.3. The number of hydrogen-bond donors (Lipinski definition) is 1. The molecule has 0 fully saturated rings. The third kappa shape index (κ3) is 3.09. The zero-order valence-corrected chi connectivity index (χ0v) is 17.9. The highest BCUT2D eigenvalue weighted by atomic mass is 35.5. The van der Waals surface area contributed by atoms with Gasteiger partial charge in [-0.2, -0.15) is 5.10 Å². The lowest BCUT2D eigenvalue weighted by Crippen LogP contribution is -2.24. The second-order valence-corrected chi connectivity index (χ2v) is 7.91. The number of aliphatic imine (C=N–C) groups is 1. The molecule has 2 N–H and O–H groups in total. The summed E-state index contributed by atoms with van der Waals surface area (Å²) in [4.78, 5) is 24.8. The number of Topliss-reactive ketones (excluding diaryl/α,β-unsaturated/α-hetero) is 1. The zero-order valence-electron chi connectivity index (χ0n) is 17.1. The van der Waals surface area contributed by atoms with E-state index in [0.717, 1.165) is 27.9 Å². The Labute approximate surface area is 189 Å². The minimum atomic E-state index is -0.0237. The molecule has 1 aliphatic rings. The number of aromatic nitrogens is 3. The third-order valence-electron chi connectivity index (χ3n) is 5.66. The summed E-state index contributed by atoms with van der Waals surface area (Å²) in [5.74, 6) is -0.0237. The number of hydrogen-bond acceptors (Lipinski definition) is 5. The molecule has 5 rings (SSSR count). The molecule has 2 aromatic carbocycles. The van der Waals surface area contributed by atoms with Crippen LogP contribution in [0.4, 0.5) is 5.69 Å². The quantitative estimate of drug-likeness (QED) is 0.476. The number of halogens is 1. The molecule has 7 nitrogen and oxygen atoms in total. The van der Waals surface area contributed by atoms with Gasteiger partial charge in [-0.1, -0.05) is 29.8 Å². The molecule has 0 radical (unpaired) electrons. The second kappa shape index (κ2) is 7.68. The molecule has 156 valence electrons. The lowest BCUT2D eigenvalue weighted by atomic mass is 9.91. The Morgan fingerprint density at radius 1 is 1.12 bits per heavy atom. The monoisotopic (exact) mass is 440 g/mol. The maximum atomic E-state index is 12.3. The van der Waals surface area contributed by atoms with Crippen molar-refractivity contribution >= 4 is 39.7 Å². The molecule has 0 saturated carbocycles. The van der Waals surface area contributed by atoms with E-state index >= 15 is 0 Å². The zero-order chi connectivity index (χ0) is 22.4. The summed E-state index contributed by atoms with van der Waals surface area (Å²) in [6.45, 7) is 8.22. The number of nitrogens with two attached hydrogens (primary N) is 1. The summed E-state index contributed by atoms with van der Waals surface area (Å²) in [7, 11) is 1.84. The SMILES string of the molecule is [C-]#[N+]c1c(-c2c(-c3ccc4c(c3)C(CN)=NCC4=O)cnn2C)ccc2ncc(Cl)cc12. The third-order valence-corrected chi connectivity index (χ3v) is 5.86. The van der Waals surface area contributed by atoms with E-state index in [2.05, 4.69) is 19.9 Å². The van der Waals surface area contributed by atoms with Crippen LogP contribution >= 0.6 is 11.6 Å². The van der Waals surface area contributed by atoms with Crippen LogP contribution in [0.3, 0.4) is 0 Å². The van der Waals surface area contributed by atoms with Gasteiger partial charge in [0.25, 0.3) is 0 Å². The van der Waals surface area contributed by atoms with Gasteiger partial charge in [0.15, 0.2) is 5.78 Å². The van der Waals surface area contributed by atoms with Crippen molar-refractivity contribution in [1.29, 1.82) is 0 Å². The van der Waals surface area contributed by atoms with Gasteiger partial charge in [-0.25, -0.2) is 4.85 Å². The minimum absolute atomic E-state index is 0.0237. The predicted molar refractivity (Wildman–Crippen MR) is 125 cm³/mol. The molecule has 0 bridgehead atoms. The van der Waals surface area contributed by atoms with E-state index in [1.165, 1.54) is 0 Å². The van der Waals surface area contributed by atoms with Crippen molar-refractivity contribution in [2.45, 2.75) is 0 Å². The number of pyridine rings is 1. The van der Waals surface area contributed by atoms with Crippen molar-refractivity contribution in [3.05, 3.63) is 76.4 Å². The van der Waals surface area contributed by atoms with Gasteiger partial charge in [-0.15, -0.1) is 0 Å². The normalized spacial score (nSPS) is 13.1. The molecule has 0 atom stereocenters. The molecule has 4 aromatic rings. The Hall–Kier alpha value is -3.86. The maximum Gasteiger partial charge on any atom is 0.205 e. The number of rotatable bonds is 3. The van der Waals surface area contributed by atoms with E-state index in [4.69, 9.17) is 23.9 Å². The fraction of sp³-hybridized carbons (Fsp3) is 0.125. The molecular weight excluding hydrogens is 424 g/mol. The van der Waals surface area contributed by atoms with Crippen molar-refractivity contribution in [2.24, 2.45) is 17.8 Å². The maximum absolute atomic E-state index is 12.3. The molecule has 32 heavy (non-hydrogen) atoms. The largest absolute Gasteiger partial charge is 0.325 e. The second-order valence-electron chi connectivity index (χ2n) is 7.47. The van der Waals surface area contributed by atoms with Gasteiger partial charge in [-0.3, -0.25) is 19.5 Å². The number of ketones is 1. The van der Waals surface area contributed by atoms with Crippen LogP contribution < -0.4 is 5.73 Å². The molecule has 0 amide bonds. The fourth-order valence-corrected chi connectivity index (χ4v) is 4.30. The van der Waals surface area contributed by atoms with E-state index in [1.54, 1.807) is 23.1 Å². The topological polar surface area (TPSA) is 90.5 Å². The minimum Gasteiger partial charge on any atom is -0.325 e. The van der Waals surface area contributed by atoms with Crippen molar-refractivity contribution in [2.75, 3.05) is 13.1 Å². The van der Waals surface area contributed by atoms with Gasteiger partial charge in [0.05, 0.1) is 34.7 Å². The van der Waals surface area contributed by atoms with E-state index in [1.807, 2.05) is 37.4 Å². The summed E-state index contributed by atoms with van der Waals surface area (Å²) in [6, 6.07) is 11.1. The Kier molecular flexibility index (Phi) is 4.82. The highest BCUT2D eigenvalue weighted by molar-refractivity contribution is 6.31. The predicted octanol–water partition coefficient (Wildman–Crippen LogP) is 4.45. The molecule has 0 aliphatic carbocycles. The Balaban J connectivity index is 1.74. The lowest BCUT2D eigenvalue weighted by molar-refractivity contribution is 0.1000. The van der Waals surface area contributed by atoms with Crippen molar-refractivity contribution in [3.63, 3.8) is 0 Å². The number of nitrogens with zero attached hydrogens (tertiary/aromatic N) is 5. The first-order valence-corrected chi connectivity index (χ1v) is 10.3. The van der Waals surface area contributed by atoms with E-state index in [-0.39, 0.29) is 18.9 Å². The molecule has 0 saturated heterocycles. The van der Waals surface area contributed by atoms with Crippen molar-refractivity contribution < 1.29 is 4.79 Å². The number of benzene rings is 2. The lowest BCUT2D eigenvalue weighted by Gasteiger charge is -2.17. The van der Waals surface area contributed by atoms with Gasteiger partial charge < -0.3 is 5.73 Å². The van der Waals surface area contributed by atoms with E-state index in [0.29, 0.717) is 32.9 Å². The molecule has 2 aromatic heterocycles. The first-order valence-electron chi connectivity index (χ1n) is 9.91. The standard InChI is InChI=1S/C24H17ClN6O/c1-27-23-16(5-6-20-18(23)8-14(25)10-28-20)24-19(11-30-31(24)2)13-3-4-15-17(7-13)21(9-26)29-12-22(15)32/h3-8,10-11H,9,12,26H2,2H3. The number of carbonyl (C=O) groups excluding carboxylic acids is 1. The van der Waals surface area contributed by atoms with Gasteiger partial charge in [0, 0.05) is 47.4 Å².